The number of benzene rings is 1. The molecule has 17 heavy (non-hydrogen) atoms. The first-order valence-electron chi connectivity index (χ1n) is 5.81. The molecule has 0 fully saturated rings. The molecule has 2 aromatic rings. The van der Waals surface area contributed by atoms with Gasteiger partial charge in [0.25, 0.3) is 0 Å². The van der Waals surface area contributed by atoms with E-state index in [2.05, 4.69) is 17.2 Å². The highest BCUT2D eigenvalue weighted by Crippen LogP contribution is 2.32. The van der Waals surface area contributed by atoms with Crippen molar-refractivity contribution in [3.8, 4) is 0 Å². The van der Waals surface area contributed by atoms with Gasteiger partial charge in [-0.25, -0.2) is 4.68 Å². The molecule has 0 bridgehead atoms. The molecule has 4 heteroatoms. The van der Waals surface area contributed by atoms with Crippen molar-refractivity contribution in [3.05, 3.63) is 47.8 Å². The molecule has 0 aliphatic carbocycles. The van der Waals surface area contributed by atoms with Crippen LogP contribution in [0.1, 0.15) is 36.6 Å². The van der Waals surface area contributed by atoms with Gasteiger partial charge in [0, 0.05) is 13.0 Å². The Balaban J connectivity index is 2.28. The Hall–Kier alpha value is -1.68. The molecule has 2 unspecified atom stereocenters. The first-order valence-corrected chi connectivity index (χ1v) is 5.81. The molecular formula is C13H17N3O. The van der Waals surface area contributed by atoms with E-state index >= 15 is 0 Å². The Bertz CT molecular complexity index is 467. The number of hydrogen-bond acceptors (Lipinski definition) is 3. The van der Waals surface area contributed by atoms with E-state index in [9.17, 15) is 5.11 Å². The van der Waals surface area contributed by atoms with E-state index in [4.69, 9.17) is 0 Å². The van der Waals surface area contributed by atoms with Crippen LogP contribution < -0.4 is 0 Å². The summed E-state index contributed by atoms with van der Waals surface area (Å²) in [5.74, 6) is 0.0772. The first-order chi connectivity index (χ1) is 8.24. The zero-order valence-electron chi connectivity index (χ0n) is 10.1. The van der Waals surface area contributed by atoms with Crippen molar-refractivity contribution in [1.29, 1.82) is 0 Å². The molecule has 1 N–H and O–H groups in total. The summed E-state index contributed by atoms with van der Waals surface area (Å²) in [5, 5.41) is 18.1. The van der Waals surface area contributed by atoms with Gasteiger partial charge in [-0.2, -0.15) is 0 Å². The molecule has 2 rings (SSSR count). The fraction of sp³-hybridized carbons (Fsp3) is 0.385. The summed E-state index contributed by atoms with van der Waals surface area (Å²) in [7, 11) is 1.79. The number of aliphatic hydroxyl groups is 1. The SMILES string of the molecule is CCC(c1ccccc1)C(O)c1cnnn1C. The molecule has 90 valence electrons. The van der Waals surface area contributed by atoms with E-state index < -0.39 is 6.10 Å². The van der Waals surface area contributed by atoms with E-state index in [1.165, 1.54) is 0 Å². The second-order valence-electron chi connectivity index (χ2n) is 4.15. The highest BCUT2D eigenvalue weighted by atomic mass is 16.3. The average molecular weight is 231 g/mol. The number of aromatic nitrogens is 3. The summed E-state index contributed by atoms with van der Waals surface area (Å²) < 4.78 is 1.62. The Labute approximate surface area is 101 Å². The smallest absolute Gasteiger partial charge is 0.104 e. The van der Waals surface area contributed by atoms with Crippen molar-refractivity contribution in [1.82, 2.24) is 15.0 Å². The van der Waals surface area contributed by atoms with Gasteiger partial charge < -0.3 is 5.11 Å². The van der Waals surface area contributed by atoms with Crippen molar-refractivity contribution in [3.63, 3.8) is 0 Å². The van der Waals surface area contributed by atoms with Crippen LogP contribution in [0.25, 0.3) is 0 Å². The van der Waals surface area contributed by atoms with Crippen LogP contribution in [-0.4, -0.2) is 20.1 Å². The van der Waals surface area contributed by atoms with Crippen LogP contribution in [0.2, 0.25) is 0 Å². The lowest BCUT2D eigenvalue weighted by Gasteiger charge is -2.21. The third-order valence-electron chi connectivity index (χ3n) is 3.10. The van der Waals surface area contributed by atoms with E-state index in [0.29, 0.717) is 0 Å². The van der Waals surface area contributed by atoms with Crippen LogP contribution in [-0.2, 0) is 7.05 Å². The second kappa shape index (κ2) is 5.10. The molecule has 1 aromatic carbocycles. The normalized spacial score (nSPS) is 14.5. The van der Waals surface area contributed by atoms with E-state index in [0.717, 1.165) is 17.7 Å². The molecule has 2 atom stereocenters. The number of hydrogen-bond donors (Lipinski definition) is 1. The van der Waals surface area contributed by atoms with Gasteiger partial charge in [-0.15, -0.1) is 5.10 Å². The Morgan fingerprint density at radius 3 is 2.53 bits per heavy atom. The van der Waals surface area contributed by atoms with Gasteiger partial charge in [-0.1, -0.05) is 42.5 Å². The van der Waals surface area contributed by atoms with Crippen molar-refractivity contribution >= 4 is 0 Å². The van der Waals surface area contributed by atoms with Crippen LogP contribution >= 0.6 is 0 Å². The van der Waals surface area contributed by atoms with Gasteiger partial charge in [-0.3, -0.25) is 0 Å². The second-order valence-corrected chi connectivity index (χ2v) is 4.15. The minimum atomic E-state index is -0.567. The lowest BCUT2D eigenvalue weighted by molar-refractivity contribution is 0.133. The maximum Gasteiger partial charge on any atom is 0.104 e. The van der Waals surface area contributed by atoms with E-state index in [-0.39, 0.29) is 5.92 Å². The maximum atomic E-state index is 10.4. The summed E-state index contributed by atoms with van der Waals surface area (Å²) in [6.45, 7) is 2.07. The van der Waals surface area contributed by atoms with Gasteiger partial charge in [-0.05, 0) is 12.0 Å². The Morgan fingerprint density at radius 2 is 2.00 bits per heavy atom. The van der Waals surface area contributed by atoms with Crippen LogP contribution in [0.15, 0.2) is 36.5 Å². The minimum absolute atomic E-state index is 0.0772. The standard InChI is InChI=1S/C13H17N3O/c1-3-11(10-7-5-4-6-8-10)13(17)12-9-14-15-16(12)2/h4-9,11,13,17H,3H2,1-2H3. The quantitative estimate of drug-likeness (QED) is 0.876. The number of nitrogens with zero attached hydrogens (tertiary/aromatic N) is 3. The fourth-order valence-corrected chi connectivity index (χ4v) is 2.11. The Morgan fingerprint density at radius 1 is 1.29 bits per heavy atom. The molecule has 0 aliphatic rings. The fourth-order valence-electron chi connectivity index (χ4n) is 2.11. The van der Waals surface area contributed by atoms with E-state index in [1.807, 2.05) is 30.3 Å². The number of rotatable bonds is 4. The van der Waals surface area contributed by atoms with Crippen molar-refractivity contribution in [2.75, 3.05) is 0 Å². The molecule has 1 aromatic heterocycles. The van der Waals surface area contributed by atoms with Crippen LogP contribution in [0.4, 0.5) is 0 Å². The summed E-state index contributed by atoms with van der Waals surface area (Å²) in [4.78, 5) is 0. The van der Waals surface area contributed by atoms with Gasteiger partial charge in [0.15, 0.2) is 0 Å². The lowest BCUT2D eigenvalue weighted by Crippen LogP contribution is -2.13. The summed E-state index contributed by atoms with van der Waals surface area (Å²) in [5.41, 5.74) is 1.89. The third kappa shape index (κ3) is 2.36. The molecule has 0 aliphatic heterocycles. The molecule has 1 heterocycles. The molecule has 0 amide bonds. The average Bonchev–Trinajstić information content (AvgIpc) is 2.77. The largest absolute Gasteiger partial charge is 0.386 e. The molecule has 0 saturated carbocycles. The topological polar surface area (TPSA) is 50.9 Å². The zero-order valence-corrected chi connectivity index (χ0v) is 10.1. The van der Waals surface area contributed by atoms with Crippen molar-refractivity contribution in [2.45, 2.75) is 25.4 Å². The van der Waals surface area contributed by atoms with Gasteiger partial charge >= 0.3 is 0 Å². The number of aliphatic hydroxyl groups excluding tert-OH is 1. The van der Waals surface area contributed by atoms with Crippen LogP contribution in [0.3, 0.4) is 0 Å². The maximum absolute atomic E-state index is 10.4. The van der Waals surface area contributed by atoms with Gasteiger partial charge in [0.05, 0.1) is 11.9 Å². The number of aryl methyl sites for hydroxylation is 1. The highest BCUT2D eigenvalue weighted by molar-refractivity contribution is 5.22. The monoisotopic (exact) mass is 231 g/mol. The van der Waals surface area contributed by atoms with E-state index in [1.54, 1.807) is 17.9 Å². The zero-order chi connectivity index (χ0) is 12.3. The van der Waals surface area contributed by atoms with Gasteiger partial charge in [0.1, 0.15) is 6.10 Å². The van der Waals surface area contributed by atoms with Crippen LogP contribution in [0, 0.1) is 0 Å². The molecule has 0 radical (unpaired) electrons. The summed E-state index contributed by atoms with van der Waals surface area (Å²) in [6.07, 6.45) is 1.93. The molecule has 0 spiro atoms. The summed E-state index contributed by atoms with van der Waals surface area (Å²) in [6, 6.07) is 10.1. The predicted octanol–water partition coefficient (Wildman–Crippen LogP) is 2.04. The predicted molar refractivity (Wildman–Crippen MR) is 65.4 cm³/mol. The van der Waals surface area contributed by atoms with Gasteiger partial charge in [0.2, 0.25) is 0 Å². The highest BCUT2D eigenvalue weighted by Gasteiger charge is 2.23. The first kappa shape index (κ1) is 11.8. The van der Waals surface area contributed by atoms with Crippen molar-refractivity contribution < 1.29 is 5.11 Å². The molecule has 0 saturated heterocycles. The van der Waals surface area contributed by atoms with Crippen LogP contribution in [0.5, 0.6) is 0 Å². The Kier molecular flexibility index (Phi) is 3.54. The lowest BCUT2D eigenvalue weighted by atomic mass is 9.89. The minimum Gasteiger partial charge on any atom is -0.386 e. The molecule has 4 nitrogen and oxygen atoms in total. The summed E-state index contributed by atoms with van der Waals surface area (Å²) >= 11 is 0. The van der Waals surface area contributed by atoms with Crippen molar-refractivity contribution in [2.24, 2.45) is 7.05 Å². The third-order valence-corrected chi connectivity index (χ3v) is 3.10. The molecular weight excluding hydrogens is 214 g/mol.